The second-order valence-electron chi connectivity index (χ2n) is 5.48. The number of hydrogen-bond donors (Lipinski definition) is 2. The second-order valence-corrected chi connectivity index (χ2v) is 5.48. The van der Waals surface area contributed by atoms with Gasteiger partial charge in [0.05, 0.1) is 11.9 Å². The number of nitrogen functional groups attached to an aromatic ring is 1. The van der Waals surface area contributed by atoms with Gasteiger partial charge in [0.15, 0.2) is 0 Å². The molecule has 0 amide bonds. The summed E-state index contributed by atoms with van der Waals surface area (Å²) in [6.07, 6.45) is 3.56. The number of rotatable bonds is 3. The van der Waals surface area contributed by atoms with Gasteiger partial charge in [-0.1, -0.05) is 12.1 Å². The molecule has 0 spiro atoms. The van der Waals surface area contributed by atoms with E-state index in [0.717, 1.165) is 39.3 Å². The van der Waals surface area contributed by atoms with Gasteiger partial charge in [-0.2, -0.15) is 0 Å². The smallest absolute Gasteiger partial charge is 0.138 e. The van der Waals surface area contributed by atoms with Gasteiger partial charge in [0, 0.05) is 36.8 Å². The van der Waals surface area contributed by atoms with Gasteiger partial charge in [-0.3, -0.25) is 0 Å². The van der Waals surface area contributed by atoms with Gasteiger partial charge in [-0.15, -0.1) is 0 Å². The van der Waals surface area contributed by atoms with E-state index in [0.29, 0.717) is 0 Å². The predicted molar refractivity (Wildman–Crippen MR) is 92.7 cm³/mol. The molecule has 2 aromatic heterocycles. The molecule has 5 nitrogen and oxygen atoms in total. The van der Waals surface area contributed by atoms with Gasteiger partial charge in [0.25, 0.3) is 0 Å². The molecule has 0 aliphatic heterocycles. The molecule has 0 radical (unpaired) electrons. The van der Waals surface area contributed by atoms with E-state index in [4.69, 9.17) is 5.73 Å². The Labute approximate surface area is 129 Å². The fraction of sp³-hybridized carbons (Fsp3) is 0.176. The van der Waals surface area contributed by atoms with Crippen LogP contribution >= 0.6 is 0 Å². The van der Waals surface area contributed by atoms with E-state index >= 15 is 0 Å². The highest BCUT2D eigenvalue weighted by atomic mass is 15.1. The summed E-state index contributed by atoms with van der Waals surface area (Å²) < 4.78 is 0. The van der Waals surface area contributed by atoms with Crippen molar-refractivity contribution in [3.05, 3.63) is 48.3 Å². The van der Waals surface area contributed by atoms with Crippen molar-refractivity contribution in [1.82, 2.24) is 9.97 Å². The maximum atomic E-state index is 6.16. The van der Waals surface area contributed by atoms with E-state index in [1.807, 2.05) is 56.3 Å². The minimum atomic E-state index is 0.781. The number of hydrogen-bond acceptors (Lipinski definition) is 5. The molecule has 0 bridgehead atoms. The van der Waals surface area contributed by atoms with E-state index in [1.54, 1.807) is 12.4 Å². The maximum absolute atomic E-state index is 6.16. The second kappa shape index (κ2) is 5.52. The molecular weight excluding hydrogens is 274 g/mol. The monoisotopic (exact) mass is 293 g/mol. The fourth-order valence-corrected chi connectivity index (χ4v) is 2.35. The molecule has 0 atom stereocenters. The summed E-state index contributed by atoms with van der Waals surface area (Å²) in [5.41, 5.74) is 8.92. The first-order chi connectivity index (χ1) is 10.6. The van der Waals surface area contributed by atoms with Gasteiger partial charge in [0.1, 0.15) is 11.6 Å². The van der Waals surface area contributed by atoms with E-state index < -0.39 is 0 Å². The Bertz CT molecular complexity index is 809. The molecule has 112 valence electrons. The summed E-state index contributed by atoms with van der Waals surface area (Å²) >= 11 is 0. The first-order valence-electron chi connectivity index (χ1n) is 7.10. The van der Waals surface area contributed by atoms with Crippen molar-refractivity contribution in [3.8, 4) is 0 Å². The van der Waals surface area contributed by atoms with Crippen molar-refractivity contribution < 1.29 is 0 Å². The summed E-state index contributed by atoms with van der Waals surface area (Å²) in [5.74, 6) is 1.69. The van der Waals surface area contributed by atoms with Crippen LogP contribution in [0, 0.1) is 6.92 Å². The van der Waals surface area contributed by atoms with Crippen molar-refractivity contribution in [2.75, 3.05) is 30.0 Å². The lowest BCUT2D eigenvalue weighted by Gasteiger charge is -2.13. The molecular formula is C17H19N5. The number of anilines is 4. The third kappa shape index (κ3) is 2.53. The van der Waals surface area contributed by atoms with E-state index in [9.17, 15) is 0 Å². The van der Waals surface area contributed by atoms with Gasteiger partial charge in [-0.05, 0) is 30.7 Å². The normalized spacial score (nSPS) is 10.7. The minimum Gasteiger partial charge on any atom is -0.398 e. The van der Waals surface area contributed by atoms with Gasteiger partial charge >= 0.3 is 0 Å². The first-order valence-corrected chi connectivity index (χ1v) is 7.10. The number of nitrogens with one attached hydrogen (secondary N) is 1. The number of benzene rings is 1. The van der Waals surface area contributed by atoms with Gasteiger partial charge in [-0.25, -0.2) is 9.97 Å². The molecule has 0 saturated heterocycles. The SMILES string of the molecule is Cc1ccc2c(Nc3ccc(N(C)C)nc3)nccc2c1N. The summed E-state index contributed by atoms with van der Waals surface area (Å²) in [7, 11) is 3.93. The van der Waals surface area contributed by atoms with Crippen molar-refractivity contribution in [3.63, 3.8) is 0 Å². The Morgan fingerprint density at radius 2 is 1.82 bits per heavy atom. The molecule has 0 fully saturated rings. The number of aromatic nitrogens is 2. The largest absolute Gasteiger partial charge is 0.398 e. The zero-order valence-corrected chi connectivity index (χ0v) is 13.0. The Morgan fingerprint density at radius 1 is 1.00 bits per heavy atom. The highest BCUT2D eigenvalue weighted by molar-refractivity contribution is 6.01. The zero-order valence-electron chi connectivity index (χ0n) is 13.0. The van der Waals surface area contributed by atoms with Crippen LogP contribution in [0.2, 0.25) is 0 Å². The van der Waals surface area contributed by atoms with Crippen LogP contribution in [0.4, 0.5) is 23.0 Å². The van der Waals surface area contributed by atoms with Crippen LogP contribution in [0.5, 0.6) is 0 Å². The minimum absolute atomic E-state index is 0.781. The van der Waals surface area contributed by atoms with Crippen molar-refractivity contribution in [2.45, 2.75) is 6.92 Å². The Hall–Kier alpha value is -2.82. The molecule has 3 aromatic rings. The number of nitrogens with two attached hydrogens (primary N) is 1. The predicted octanol–water partition coefficient (Wildman–Crippen LogP) is 3.33. The summed E-state index contributed by atoms with van der Waals surface area (Å²) in [6.45, 7) is 2.01. The van der Waals surface area contributed by atoms with Crippen LogP contribution in [0.3, 0.4) is 0 Å². The molecule has 22 heavy (non-hydrogen) atoms. The standard InChI is InChI=1S/C17H19N5/c1-11-4-6-14-13(16(11)18)8-9-19-17(14)21-12-5-7-15(20-10-12)22(2)3/h4-10H,18H2,1-3H3,(H,19,21). The van der Waals surface area contributed by atoms with Crippen LogP contribution in [0.25, 0.3) is 10.8 Å². The van der Waals surface area contributed by atoms with Gasteiger partial charge < -0.3 is 16.0 Å². The molecule has 0 aliphatic rings. The maximum Gasteiger partial charge on any atom is 0.138 e. The number of fused-ring (bicyclic) bond motifs is 1. The molecule has 0 unspecified atom stereocenters. The van der Waals surface area contributed by atoms with Gasteiger partial charge in [0.2, 0.25) is 0 Å². The molecule has 0 saturated carbocycles. The Kier molecular flexibility index (Phi) is 3.55. The van der Waals surface area contributed by atoms with Crippen molar-refractivity contribution in [1.29, 1.82) is 0 Å². The van der Waals surface area contributed by atoms with E-state index in [1.165, 1.54) is 0 Å². The molecule has 3 rings (SSSR count). The summed E-state index contributed by atoms with van der Waals surface area (Å²) in [6, 6.07) is 9.94. The van der Waals surface area contributed by atoms with Crippen LogP contribution in [0.15, 0.2) is 42.7 Å². The zero-order chi connectivity index (χ0) is 15.7. The number of aryl methyl sites for hydroxylation is 1. The third-order valence-electron chi connectivity index (χ3n) is 3.67. The lowest BCUT2D eigenvalue weighted by molar-refractivity contribution is 1.07. The van der Waals surface area contributed by atoms with Crippen LogP contribution in [0.1, 0.15) is 5.56 Å². The lowest BCUT2D eigenvalue weighted by atomic mass is 10.1. The Balaban J connectivity index is 1.99. The fourth-order valence-electron chi connectivity index (χ4n) is 2.35. The van der Waals surface area contributed by atoms with Crippen LogP contribution in [-0.2, 0) is 0 Å². The van der Waals surface area contributed by atoms with Crippen molar-refractivity contribution >= 4 is 33.8 Å². The summed E-state index contributed by atoms with van der Waals surface area (Å²) in [5, 5.41) is 5.32. The molecule has 5 heteroatoms. The number of pyridine rings is 2. The molecule has 3 N–H and O–H groups in total. The molecule has 1 aromatic carbocycles. The number of nitrogens with zero attached hydrogens (tertiary/aromatic N) is 3. The highest BCUT2D eigenvalue weighted by Gasteiger charge is 2.07. The third-order valence-corrected chi connectivity index (χ3v) is 3.67. The molecule has 0 aliphatic carbocycles. The average molecular weight is 293 g/mol. The van der Waals surface area contributed by atoms with Crippen LogP contribution in [-0.4, -0.2) is 24.1 Å². The quantitative estimate of drug-likeness (QED) is 0.725. The van der Waals surface area contributed by atoms with E-state index in [-0.39, 0.29) is 0 Å². The highest BCUT2D eigenvalue weighted by Crippen LogP contribution is 2.30. The molecule has 2 heterocycles. The Morgan fingerprint density at radius 3 is 2.50 bits per heavy atom. The average Bonchev–Trinajstić information content (AvgIpc) is 2.52. The summed E-state index contributed by atoms with van der Waals surface area (Å²) in [4.78, 5) is 10.8. The first kappa shape index (κ1) is 14.1. The topological polar surface area (TPSA) is 67.1 Å². The lowest BCUT2D eigenvalue weighted by Crippen LogP contribution is -2.10. The van der Waals surface area contributed by atoms with Crippen molar-refractivity contribution in [2.24, 2.45) is 0 Å². The van der Waals surface area contributed by atoms with E-state index in [2.05, 4.69) is 15.3 Å². The van der Waals surface area contributed by atoms with Crippen LogP contribution < -0.4 is 16.0 Å².